The largest absolute Gasteiger partial charge is 0.480 e. The first-order chi connectivity index (χ1) is 16.4. The lowest BCUT2D eigenvalue weighted by Crippen LogP contribution is -2.52. The fourth-order valence-corrected chi connectivity index (χ4v) is 4.77. The van der Waals surface area contributed by atoms with Gasteiger partial charge in [-0.05, 0) is 22.3 Å². The molecule has 2 aliphatic rings. The van der Waals surface area contributed by atoms with Crippen molar-refractivity contribution in [2.75, 3.05) is 26.9 Å². The van der Waals surface area contributed by atoms with E-state index in [-0.39, 0.29) is 38.5 Å². The standard InChI is InChI=1S/C25H28N2O7/c1-33-11-10-21(23(29)27-13-15(28)12-22(27)24(30)31)26-25(32)34-14-20-18-8-4-2-6-16(18)17-7-3-5-9-19(17)20/h2-9,15,20-22,28H,10-14H2,1H3,(H,26,32)(H,30,31). The van der Waals surface area contributed by atoms with Crippen LogP contribution in [0.4, 0.5) is 4.79 Å². The van der Waals surface area contributed by atoms with E-state index in [0.29, 0.717) is 0 Å². The number of fused-ring (bicyclic) bond motifs is 3. The van der Waals surface area contributed by atoms with Gasteiger partial charge in [0.15, 0.2) is 0 Å². The third-order valence-corrected chi connectivity index (χ3v) is 6.39. The van der Waals surface area contributed by atoms with Crippen LogP contribution in [0.2, 0.25) is 0 Å². The smallest absolute Gasteiger partial charge is 0.407 e. The zero-order valence-electron chi connectivity index (χ0n) is 18.8. The van der Waals surface area contributed by atoms with Gasteiger partial charge in [0.05, 0.1) is 6.10 Å². The van der Waals surface area contributed by atoms with Crippen molar-refractivity contribution in [3.05, 3.63) is 59.7 Å². The summed E-state index contributed by atoms with van der Waals surface area (Å²) in [7, 11) is 1.47. The molecule has 1 heterocycles. The van der Waals surface area contributed by atoms with Crippen molar-refractivity contribution < 1.29 is 34.1 Å². The van der Waals surface area contributed by atoms with Crippen molar-refractivity contribution in [1.82, 2.24) is 10.2 Å². The summed E-state index contributed by atoms with van der Waals surface area (Å²) in [6.07, 6.45) is -1.62. The van der Waals surface area contributed by atoms with Gasteiger partial charge in [-0.2, -0.15) is 0 Å². The van der Waals surface area contributed by atoms with Gasteiger partial charge in [0, 0.05) is 39.0 Å². The molecule has 34 heavy (non-hydrogen) atoms. The second-order valence-corrected chi connectivity index (χ2v) is 8.54. The van der Waals surface area contributed by atoms with Crippen molar-refractivity contribution in [3.8, 4) is 11.1 Å². The van der Waals surface area contributed by atoms with Crippen molar-refractivity contribution in [2.24, 2.45) is 0 Å². The summed E-state index contributed by atoms with van der Waals surface area (Å²) in [5.41, 5.74) is 4.35. The number of carboxylic acid groups (broad SMARTS) is 1. The number of ether oxygens (including phenoxy) is 2. The minimum atomic E-state index is -1.20. The molecule has 0 aromatic heterocycles. The van der Waals surface area contributed by atoms with Crippen LogP contribution in [0.25, 0.3) is 11.1 Å². The topological polar surface area (TPSA) is 125 Å². The number of amides is 2. The molecule has 1 aliphatic carbocycles. The van der Waals surface area contributed by atoms with Gasteiger partial charge in [-0.15, -0.1) is 0 Å². The van der Waals surface area contributed by atoms with E-state index < -0.39 is 36.2 Å². The maximum absolute atomic E-state index is 13.1. The molecule has 2 amide bonds. The number of aliphatic hydroxyl groups is 1. The Bertz CT molecular complexity index is 1030. The fraction of sp³-hybridized carbons (Fsp3) is 0.400. The molecule has 0 radical (unpaired) electrons. The normalized spacial score (nSPS) is 19.9. The maximum atomic E-state index is 13.1. The van der Waals surface area contributed by atoms with E-state index in [1.165, 1.54) is 7.11 Å². The van der Waals surface area contributed by atoms with Crippen LogP contribution < -0.4 is 5.32 Å². The lowest BCUT2D eigenvalue weighted by Gasteiger charge is -2.27. The molecule has 180 valence electrons. The van der Waals surface area contributed by atoms with Crippen molar-refractivity contribution in [2.45, 2.75) is 36.9 Å². The van der Waals surface area contributed by atoms with E-state index in [9.17, 15) is 24.6 Å². The molecule has 2 aromatic rings. The first kappa shape index (κ1) is 23.7. The molecule has 9 nitrogen and oxygen atoms in total. The Kier molecular flexibility index (Phi) is 7.14. The van der Waals surface area contributed by atoms with Crippen LogP contribution in [0.5, 0.6) is 0 Å². The second kappa shape index (κ2) is 10.2. The minimum Gasteiger partial charge on any atom is -0.480 e. The summed E-state index contributed by atoms with van der Waals surface area (Å²) < 4.78 is 10.6. The van der Waals surface area contributed by atoms with Gasteiger partial charge in [0.1, 0.15) is 18.7 Å². The lowest BCUT2D eigenvalue weighted by molar-refractivity contribution is -0.149. The second-order valence-electron chi connectivity index (χ2n) is 8.54. The van der Waals surface area contributed by atoms with Crippen LogP contribution in [-0.2, 0) is 19.1 Å². The van der Waals surface area contributed by atoms with Crippen molar-refractivity contribution >= 4 is 18.0 Å². The number of carbonyl (C=O) groups excluding carboxylic acids is 2. The van der Waals surface area contributed by atoms with Gasteiger partial charge in [-0.25, -0.2) is 9.59 Å². The van der Waals surface area contributed by atoms with Crippen molar-refractivity contribution in [3.63, 3.8) is 0 Å². The Morgan fingerprint density at radius 3 is 2.29 bits per heavy atom. The Morgan fingerprint density at radius 2 is 1.71 bits per heavy atom. The van der Waals surface area contributed by atoms with Crippen LogP contribution in [0.3, 0.4) is 0 Å². The van der Waals surface area contributed by atoms with E-state index in [1.54, 1.807) is 0 Å². The minimum absolute atomic E-state index is 0.0526. The summed E-state index contributed by atoms with van der Waals surface area (Å²) in [5.74, 6) is -1.91. The average molecular weight is 469 g/mol. The van der Waals surface area contributed by atoms with E-state index in [4.69, 9.17) is 9.47 Å². The highest BCUT2D eigenvalue weighted by atomic mass is 16.5. The predicted molar refractivity (Wildman–Crippen MR) is 122 cm³/mol. The van der Waals surface area contributed by atoms with E-state index in [0.717, 1.165) is 27.2 Å². The predicted octanol–water partition coefficient (Wildman–Crippen LogP) is 1.98. The number of β-amino-alcohol motifs (C(OH)–C–C–N with tert-alkyl or cyclic N) is 1. The highest BCUT2D eigenvalue weighted by molar-refractivity contribution is 5.90. The number of hydrogen-bond acceptors (Lipinski definition) is 6. The van der Waals surface area contributed by atoms with Gasteiger partial charge < -0.3 is 29.9 Å². The van der Waals surface area contributed by atoms with Gasteiger partial charge in [-0.1, -0.05) is 48.5 Å². The zero-order valence-corrected chi connectivity index (χ0v) is 18.8. The SMILES string of the molecule is COCCC(NC(=O)OCC1c2ccccc2-c2ccccc21)C(=O)N1CC(O)CC1C(=O)O. The number of aliphatic hydroxyl groups excluding tert-OH is 1. The monoisotopic (exact) mass is 468 g/mol. The number of nitrogens with one attached hydrogen (secondary N) is 1. The summed E-state index contributed by atoms with van der Waals surface area (Å²) in [4.78, 5) is 38.4. The molecular formula is C25H28N2O7. The lowest BCUT2D eigenvalue weighted by atomic mass is 9.98. The molecule has 4 rings (SSSR count). The number of nitrogens with zero attached hydrogens (tertiary/aromatic N) is 1. The molecule has 1 saturated heterocycles. The summed E-state index contributed by atoms with van der Waals surface area (Å²) in [5, 5.41) is 21.9. The summed E-state index contributed by atoms with van der Waals surface area (Å²) in [6.45, 7) is 0.158. The summed E-state index contributed by atoms with van der Waals surface area (Å²) >= 11 is 0. The summed E-state index contributed by atoms with van der Waals surface area (Å²) in [6, 6.07) is 13.7. The number of likely N-dealkylation sites (tertiary alicyclic amines) is 1. The first-order valence-corrected chi connectivity index (χ1v) is 11.2. The molecule has 3 atom stereocenters. The van der Waals surface area contributed by atoms with Gasteiger partial charge >= 0.3 is 12.1 Å². The number of rotatable bonds is 8. The number of methoxy groups -OCH3 is 1. The Labute approximate surface area is 197 Å². The fourth-order valence-electron chi connectivity index (χ4n) is 4.77. The van der Waals surface area contributed by atoms with Crippen LogP contribution >= 0.6 is 0 Å². The molecule has 0 spiro atoms. The number of aliphatic carboxylic acids is 1. The van der Waals surface area contributed by atoms with Crippen LogP contribution in [0, 0.1) is 0 Å². The van der Waals surface area contributed by atoms with Gasteiger partial charge in [0.25, 0.3) is 0 Å². The number of hydrogen-bond donors (Lipinski definition) is 3. The molecule has 0 bridgehead atoms. The highest BCUT2D eigenvalue weighted by Crippen LogP contribution is 2.44. The Hall–Kier alpha value is -3.43. The molecule has 1 aliphatic heterocycles. The number of alkyl carbamates (subject to hydrolysis) is 1. The van der Waals surface area contributed by atoms with Crippen LogP contribution in [0.1, 0.15) is 29.9 Å². The average Bonchev–Trinajstić information content (AvgIpc) is 3.38. The third kappa shape index (κ3) is 4.76. The van der Waals surface area contributed by atoms with E-state index in [1.807, 2.05) is 48.5 Å². The number of benzene rings is 2. The molecule has 9 heteroatoms. The van der Waals surface area contributed by atoms with Crippen LogP contribution in [-0.4, -0.2) is 78.1 Å². The van der Waals surface area contributed by atoms with Crippen molar-refractivity contribution in [1.29, 1.82) is 0 Å². The van der Waals surface area contributed by atoms with Crippen LogP contribution in [0.15, 0.2) is 48.5 Å². The first-order valence-electron chi connectivity index (χ1n) is 11.2. The maximum Gasteiger partial charge on any atom is 0.407 e. The molecule has 0 saturated carbocycles. The number of carboxylic acids is 1. The Balaban J connectivity index is 1.44. The van der Waals surface area contributed by atoms with E-state index in [2.05, 4.69) is 5.32 Å². The van der Waals surface area contributed by atoms with Gasteiger partial charge in [0.2, 0.25) is 5.91 Å². The zero-order chi connectivity index (χ0) is 24.2. The number of carbonyl (C=O) groups is 3. The van der Waals surface area contributed by atoms with Gasteiger partial charge in [-0.3, -0.25) is 4.79 Å². The molecular weight excluding hydrogens is 440 g/mol. The third-order valence-electron chi connectivity index (χ3n) is 6.39. The molecule has 2 aromatic carbocycles. The molecule has 3 N–H and O–H groups in total. The highest BCUT2D eigenvalue weighted by Gasteiger charge is 2.41. The Morgan fingerprint density at radius 1 is 1.09 bits per heavy atom. The van der Waals surface area contributed by atoms with E-state index >= 15 is 0 Å². The quantitative estimate of drug-likeness (QED) is 0.541. The molecule has 3 unspecified atom stereocenters. The molecule has 1 fully saturated rings.